The highest BCUT2D eigenvalue weighted by molar-refractivity contribution is 5.85. The smallest absolute Gasteiger partial charge is 0.127 e. The fourth-order valence-electron chi connectivity index (χ4n) is 4.25. The minimum Gasteiger partial charge on any atom is -0.507 e. The second-order valence-corrected chi connectivity index (χ2v) is 9.43. The molecule has 2 heteroatoms. The molecule has 0 aromatic heterocycles. The van der Waals surface area contributed by atoms with Gasteiger partial charge >= 0.3 is 0 Å². The highest BCUT2D eigenvalue weighted by atomic mass is 16.3. The van der Waals surface area contributed by atoms with E-state index in [0.29, 0.717) is 23.3 Å². The van der Waals surface area contributed by atoms with E-state index in [4.69, 9.17) is 0 Å². The van der Waals surface area contributed by atoms with Crippen LogP contribution in [0.4, 0.5) is 0 Å². The van der Waals surface area contributed by atoms with E-state index in [1.54, 1.807) is 0 Å². The fraction of sp³-hybridized carbons (Fsp3) is 0.538. The normalized spacial score (nSPS) is 12.1. The van der Waals surface area contributed by atoms with Crippen LogP contribution < -0.4 is 0 Å². The van der Waals surface area contributed by atoms with Gasteiger partial charge in [0.05, 0.1) is 0 Å². The van der Waals surface area contributed by atoms with Gasteiger partial charge in [0.15, 0.2) is 0 Å². The Hall–Kier alpha value is -1.96. The molecular weight excluding hydrogens is 344 g/mol. The van der Waals surface area contributed by atoms with Crippen molar-refractivity contribution in [3.05, 3.63) is 45.5 Å². The molecule has 0 saturated carbocycles. The fourth-order valence-corrected chi connectivity index (χ4v) is 4.25. The second-order valence-electron chi connectivity index (χ2n) is 9.43. The molecule has 154 valence electrons. The molecule has 0 fully saturated rings. The summed E-state index contributed by atoms with van der Waals surface area (Å²) in [5.74, 6) is 1.76. The molecular formula is C26H38O2. The van der Waals surface area contributed by atoms with Crippen LogP contribution in [-0.4, -0.2) is 10.2 Å². The van der Waals surface area contributed by atoms with Crippen molar-refractivity contribution in [2.24, 2.45) is 0 Å². The molecule has 2 aromatic rings. The number of hydrogen-bond donors (Lipinski definition) is 2. The number of phenolic OH excluding ortho intramolecular Hbond substituents is 2. The minimum atomic E-state index is 0.239. The highest BCUT2D eigenvalue weighted by Crippen LogP contribution is 2.49. The van der Waals surface area contributed by atoms with Crippen LogP contribution in [0.3, 0.4) is 0 Å². The summed E-state index contributed by atoms with van der Waals surface area (Å²) >= 11 is 0. The molecule has 0 aliphatic heterocycles. The van der Waals surface area contributed by atoms with Gasteiger partial charge in [0, 0.05) is 11.1 Å². The van der Waals surface area contributed by atoms with E-state index in [1.807, 2.05) is 13.8 Å². The molecule has 0 aliphatic carbocycles. The summed E-state index contributed by atoms with van der Waals surface area (Å²) in [5, 5.41) is 22.6. The molecule has 2 aromatic carbocycles. The molecule has 28 heavy (non-hydrogen) atoms. The maximum absolute atomic E-state index is 11.3. The number of phenols is 2. The summed E-state index contributed by atoms with van der Waals surface area (Å²) in [5.41, 5.74) is 7.97. The second kappa shape index (κ2) is 8.19. The Morgan fingerprint density at radius 3 is 0.964 bits per heavy atom. The summed E-state index contributed by atoms with van der Waals surface area (Å²) in [6, 6.07) is 4.46. The van der Waals surface area contributed by atoms with E-state index in [1.165, 1.54) is 11.1 Å². The molecule has 0 atom stereocenters. The lowest BCUT2D eigenvalue weighted by Gasteiger charge is -2.26. The number of rotatable bonds is 5. The Morgan fingerprint density at radius 2 is 0.750 bits per heavy atom. The van der Waals surface area contributed by atoms with Gasteiger partial charge in [0.25, 0.3) is 0 Å². The van der Waals surface area contributed by atoms with E-state index in [9.17, 15) is 10.2 Å². The third-order valence-electron chi connectivity index (χ3n) is 5.99. The van der Waals surface area contributed by atoms with E-state index < -0.39 is 0 Å². The largest absolute Gasteiger partial charge is 0.507 e. The van der Waals surface area contributed by atoms with Crippen LogP contribution >= 0.6 is 0 Å². The predicted octanol–water partition coefficient (Wildman–Crippen LogP) is 7.88. The van der Waals surface area contributed by atoms with Crippen molar-refractivity contribution in [1.82, 2.24) is 0 Å². The van der Waals surface area contributed by atoms with Crippen molar-refractivity contribution in [1.29, 1.82) is 0 Å². The molecule has 2 rings (SSSR count). The lowest BCUT2D eigenvalue weighted by atomic mass is 9.79. The average Bonchev–Trinajstić information content (AvgIpc) is 2.58. The Labute approximate surface area is 171 Å². The molecule has 0 radical (unpaired) electrons. The minimum absolute atomic E-state index is 0.239. The first-order valence-electron chi connectivity index (χ1n) is 10.6. The van der Waals surface area contributed by atoms with E-state index in [2.05, 4.69) is 67.5 Å². The monoisotopic (exact) mass is 382 g/mol. The van der Waals surface area contributed by atoms with Crippen LogP contribution in [0.5, 0.6) is 11.5 Å². The van der Waals surface area contributed by atoms with Gasteiger partial charge in [-0.15, -0.1) is 0 Å². The Morgan fingerprint density at radius 1 is 0.500 bits per heavy atom. The van der Waals surface area contributed by atoms with E-state index >= 15 is 0 Å². The third-order valence-corrected chi connectivity index (χ3v) is 5.99. The van der Waals surface area contributed by atoms with E-state index in [-0.39, 0.29) is 11.8 Å². The Bertz CT molecular complexity index is 797. The van der Waals surface area contributed by atoms with Gasteiger partial charge in [-0.05, 0) is 70.9 Å². The number of aromatic hydroxyl groups is 2. The van der Waals surface area contributed by atoms with Crippen molar-refractivity contribution in [3.8, 4) is 22.6 Å². The van der Waals surface area contributed by atoms with Crippen LogP contribution in [0.2, 0.25) is 0 Å². The van der Waals surface area contributed by atoms with Crippen molar-refractivity contribution in [2.75, 3.05) is 0 Å². The van der Waals surface area contributed by atoms with Crippen LogP contribution in [0.15, 0.2) is 12.1 Å². The molecule has 0 aliphatic rings. The zero-order valence-corrected chi connectivity index (χ0v) is 19.4. The molecule has 0 unspecified atom stereocenters. The summed E-state index contributed by atoms with van der Waals surface area (Å²) in [6.07, 6.45) is 0. The van der Waals surface area contributed by atoms with Gasteiger partial charge in [0.1, 0.15) is 11.5 Å². The third kappa shape index (κ3) is 3.79. The first kappa shape index (κ1) is 22.3. The van der Waals surface area contributed by atoms with Crippen LogP contribution in [0, 0.1) is 13.8 Å². The lowest BCUT2D eigenvalue weighted by molar-refractivity contribution is 0.461. The summed E-state index contributed by atoms with van der Waals surface area (Å²) in [4.78, 5) is 0. The van der Waals surface area contributed by atoms with Crippen molar-refractivity contribution in [2.45, 2.75) is 92.9 Å². The van der Waals surface area contributed by atoms with Gasteiger partial charge in [-0.2, -0.15) is 0 Å². The van der Waals surface area contributed by atoms with Crippen molar-refractivity contribution in [3.63, 3.8) is 0 Å². The topological polar surface area (TPSA) is 40.5 Å². The van der Waals surface area contributed by atoms with Gasteiger partial charge in [-0.25, -0.2) is 0 Å². The van der Waals surface area contributed by atoms with Crippen LogP contribution in [0.1, 0.15) is 112 Å². The van der Waals surface area contributed by atoms with Gasteiger partial charge < -0.3 is 10.2 Å². The van der Waals surface area contributed by atoms with Crippen LogP contribution in [0.25, 0.3) is 11.1 Å². The quantitative estimate of drug-likeness (QED) is 0.552. The number of benzene rings is 2. The standard InChI is InChI=1S/C26H38O2/c1-13(2)19-11-21(15(5)6)23(25(27)17(19)9)24-22(16(7)8)12-20(14(3)4)18(10)26(24)28/h11-16,27-28H,1-10H3. The zero-order valence-electron chi connectivity index (χ0n) is 19.4. The lowest BCUT2D eigenvalue weighted by Crippen LogP contribution is -2.05. The molecule has 0 bridgehead atoms. The molecule has 0 amide bonds. The van der Waals surface area contributed by atoms with E-state index in [0.717, 1.165) is 33.4 Å². The SMILES string of the molecule is Cc1c(C(C)C)cc(C(C)C)c(-c2c(C(C)C)cc(C(C)C)c(C)c2O)c1O. The van der Waals surface area contributed by atoms with Gasteiger partial charge in [-0.3, -0.25) is 0 Å². The first-order chi connectivity index (χ1) is 12.9. The Balaban J connectivity index is 3.03. The van der Waals surface area contributed by atoms with Crippen molar-refractivity contribution < 1.29 is 10.2 Å². The summed E-state index contributed by atoms with van der Waals surface area (Å²) in [6.45, 7) is 21.2. The molecule has 2 N–H and O–H groups in total. The zero-order chi connectivity index (χ0) is 21.5. The molecule has 0 heterocycles. The molecule has 2 nitrogen and oxygen atoms in total. The summed E-state index contributed by atoms with van der Waals surface area (Å²) < 4.78 is 0. The van der Waals surface area contributed by atoms with Crippen LogP contribution in [-0.2, 0) is 0 Å². The maximum atomic E-state index is 11.3. The first-order valence-corrected chi connectivity index (χ1v) is 10.6. The van der Waals surface area contributed by atoms with Gasteiger partial charge in [0.2, 0.25) is 0 Å². The predicted molar refractivity (Wildman–Crippen MR) is 121 cm³/mol. The van der Waals surface area contributed by atoms with Crippen molar-refractivity contribution >= 4 is 0 Å². The Kier molecular flexibility index (Phi) is 6.53. The number of hydrogen-bond acceptors (Lipinski definition) is 2. The average molecular weight is 383 g/mol. The molecule has 0 spiro atoms. The molecule has 0 saturated heterocycles. The maximum Gasteiger partial charge on any atom is 0.127 e. The highest BCUT2D eigenvalue weighted by Gasteiger charge is 2.27. The van der Waals surface area contributed by atoms with Gasteiger partial charge in [-0.1, -0.05) is 67.5 Å². The summed E-state index contributed by atoms with van der Waals surface area (Å²) in [7, 11) is 0.